The van der Waals surface area contributed by atoms with Crippen molar-refractivity contribution in [3.63, 3.8) is 0 Å². The lowest BCUT2D eigenvalue weighted by Crippen LogP contribution is -2.46. The Morgan fingerprint density at radius 2 is 2.14 bits per heavy atom. The minimum Gasteiger partial charge on any atom is -0.353 e. The van der Waals surface area contributed by atoms with Crippen molar-refractivity contribution in [1.82, 2.24) is 10.2 Å². The Labute approximate surface area is 134 Å². The van der Waals surface area contributed by atoms with Crippen LogP contribution in [0.3, 0.4) is 0 Å². The number of amides is 1. The molecule has 3 nitrogen and oxygen atoms in total. The van der Waals surface area contributed by atoms with Crippen LogP contribution < -0.4 is 5.32 Å². The van der Waals surface area contributed by atoms with Gasteiger partial charge in [-0.05, 0) is 31.7 Å². The predicted molar refractivity (Wildman–Crippen MR) is 91.6 cm³/mol. The summed E-state index contributed by atoms with van der Waals surface area (Å²) in [6.07, 6.45) is 4.89. The Bertz CT molecular complexity index is 485. The topological polar surface area (TPSA) is 32.3 Å². The van der Waals surface area contributed by atoms with Gasteiger partial charge in [-0.3, -0.25) is 9.69 Å². The summed E-state index contributed by atoms with van der Waals surface area (Å²) in [4.78, 5) is 14.8. The SMILES string of the molecule is C=CCN1CC(C(=O)NC(C)CC)CCC1c1ccccc1. The van der Waals surface area contributed by atoms with Gasteiger partial charge in [0.15, 0.2) is 0 Å². The molecule has 1 aromatic carbocycles. The summed E-state index contributed by atoms with van der Waals surface area (Å²) in [5, 5.41) is 3.13. The molecular weight excluding hydrogens is 272 g/mol. The van der Waals surface area contributed by atoms with E-state index in [1.165, 1.54) is 5.56 Å². The molecule has 0 spiro atoms. The van der Waals surface area contributed by atoms with Crippen LogP contribution in [-0.2, 0) is 4.79 Å². The second kappa shape index (κ2) is 8.14. The lowest BCUT2D eigenvalue weighted by molar-refractivity contribution is -0.127. The van der Waals surface area contributed by atoms with Gasteiger partial charge in [0.1, 0.15) is 0 Å². The highest BCUT2D eigenvalue weighted by Gasteiger charge is 2.32. The summed E-state index contributed by atoms with van der Waals surface area (Å²) in [6, 6.07) is 11.2. The van der Waals surface area contributed by atoms with Gasteiger partial charge in [0, 0.05) is 25.2 Å². The molecule has 0 radical (unpaired) electrons. The predicted octanol–water partition coefficient (Wildman–Crippen LogP) is 3.54. The fourth-order valence-corrected chi connectivity index (χ4v) is 3.14. The Hall–Kier alpha value is -1.61. The summed E-state index contributed by atoms with van der Waals surface area (Å²) in [5.41, 5.74) is 1.34. The molecule has 1 aromatic rings. The van der Waals surface area contributed by atoms with Crippen LogP contribution in [0.5, 0.6) is 0 Å². The first-order valence-electron chi connectivity index (χ1n) is 8.36. The van der Waals surface area contributed by atoms with Crippen molar-refractivity contribution in [3.05, 3.63) is 48.6 Å². The van der Waals surface area contributed by atoms with Crippen molar-refractivity contribution < 1.29 is 4.79 Å². The number of carbonyl (C=O) groups is 1. The maximum Gasteiger partial charge on any atom is 0.224 e. The van der Waals surface area contributed by atoms with Gasteiger partial charge in [0.05, 0.1) is 5.92 Å². The van der Waals surface area contributed by atoms with Crippen LogP contribution >= 0.6 is 0 Å². The number of benzene rings is 1. The molecule has 3 heteroatoms. The maximum atomic E-state index is 12.4. The number of nitrogens with zero attached hydrogens (tertiary/aromatic N) is 1. The quantitative estimate of drug-likeness (QED) is 0.815. The van der Waals surface area contributed by atoms with Crippen LogP contribution in [-0.4, -0.2) is 29.9 Å². The minimum absolute atomic E-state index is 0.0916. The van der Waals surface area contributed by atoms with Crippen molar-refractivity contribution in [2.75, 3.05) is 13.1 Å². The number of rotatable bonds is 6. The van der Waals surface area contributed by atoms with E-state index in [1.807, 2.05) is 12.1 Å². The highest BCUT2D eigenvalue weighted by atomic mass is 16.2. The average molecular weight is 300 g/mol. The molecule has 1 aliphatic rings. The summed E-state index contributed by atoms with van der Waals surface area (Å²) >= 11 is 0. The zero-order valence-electron chi connectivity index (χ0n) is 13.8. The number of hydrogen-bond donors (Lipinski definition) is 1. The summed E-state index contributed by atoms with van der Waals surface area (Å²) in [7, 11) is 0. The van der Waals surface area contributed by atoms with Crippen LogP contribution in [0, 0.1) is 5.92 Å². The molecule has 0 aliphatic carbocycles. The lowest BCUT2D eigenvalue weighted by atomic mass is 9.88. The van der Waals surface area contributed by atoms with Gasteiger partial charge in [0.25, 0.3) is 0 Å². The van der Waals surface area contributed by atoms with Crippen molar-refractivity contribution in [3.8, 4) is 0 Å². The van der Waals surface area contributed by atoms with Gasteiger partial charge in [-0.25, -0.2) is 0 Å². The monoisotopic (exact) mass is 300 g/mol. The Balaban J connectivity index is 2.04. The van der Waals surface area contributed by atoms with E-state index in [9.17, 15) is 4.79 Å². The first-order valence-corrected chi connectivity index (χ1v) is 8.36. The van der Waals surface area contributed by atoms with Crippen LogP contribution in [0.25, 0.3) is 0 Å². The number of hydrogen-bond acceptors (Lipinski definition) is 2. The van der Waals surface area contributed by atoms with Crippen LogP contribution in [0.1, 0.15) is 44.7 Å². The highest BCUT2D eigenvalue weighted by Crippen LogP contribution is 2.33. The number of nitrogens with one attached hydrogen (secondary N) is 1. The summed E-state index contributed by atoms with van der Waals surface area (Å²) in [6.45, 7) is 9.67. The smallest absolute Gasteiger partial charge is 0.224 e. The largest absolute Gasteiger partial charge is 0.353 e. The molecule has 22 heavy (non-hydrogen) atoms. The molecule has 0 aromatic heterocycles. The molecule has 1 saturated heterocycles. The molecule has 3 unspecified atom stereocenters. The molecule has 1 heterocycles. The van der Waals surface area contributed by atoms with E-state index in [1.54, 1.807) is 0 Å². The number of likely N-dealkylation sites (tertiary alicyclic amines) is 1. The Morgan fingerprint density at radius 3 is 2.77 bits per heavy atom. The summed E-state index contributed by atoms with van der Waals surface area (Å²) in [5.74, 6) is 0.295. The second-order valence-electron chi connectivity index (χ2n) is 6.26. The average Bonchev–Trinajstić information content (AvgIpc) is 2.55. The minimum atomic E-state index is 0.0916. The lowest BCUT2D eigenvalue weighted by Gasteiger charge is -2.39. The normalized spacial score (nSPS) is 23.7. The van der Waals surface area contributed by atoms with Crippen LogP contribution in [0.2, 0.25) is 0 Å². The third-order valence-electron chi connectivity index (χ3n) is 4.60. The van der Waals surface area contributed by atoms with Gasteiger partial charge in [-0.15, -0.1) is 6.58 Å². The second-order valence-corrected chi connectivity index (χ2v) is 6.26. The van der Waals surface area contributed by atoms with Crippen LogP contribution in [0.4, 0.5) is 0 Å². The molecule has 120 valence electrons. The van der Waals surface area contributed by atoms with Crippen molar-refractivity contribution in [1.29, 1.82) is 0 Å². The first-order chi connectivity index (χ1) is 10.7. The third kappa shape index (κ3) is 4.20. The molecule has 1 amide bonds. The standard InChI is InChI=1S/C19H28N2O/c1-4-13-21-14-17(19(22)20-15(3)5-2)11-12-18(21)16-9-7-6-8-10-16/h4,6-10,15,17-18H,1,5,11-14H2,2-3H3,(H,20,22). The number of piperidine rings is 1. The molecule has 1 N–H and O–H groups in total. The van der Waals surface area contributed by atoms with Gasteiger partial charge >= 0.3 is 0 Å². The van der Waals surface area contributed by atoms with Crippen molar-refractivity contribution in [2.24, 2.45) is 5.92 Å². The zero-order chi connectivity index (χ0) is 15.9. The highest BCUT2D eigenvalue weighted by molar-refractivity contribution is 5.79. The fourth-order valence-electron chi connectivity index (χ4n) is 3.14. The maximum absolute atomic E-state index is 12.4. The van der Waals surface area contributed by atoms with Gasteiger partial charge in [-0.1, -0.05) is 43.3 Å². The molecule has 1 fully saturated rings. The molecule has 0 bridgehead atoms. The van der Waals surface area contributed by atoms with E-state index in [0.717, 1.165) is 32.4 Å². The Morgan fingerprint density at radius 1 is 1.41 bits per heavy atom. The summed E-state index contributed by atoms with van der Waals surface area (Å²) < 4.78 is 0. The first kappa shape index (κ1) is 16.8. The van der Waals surface area contributed by atoms with E-state index in [2.05, 4.69) is 54.9 Å². The fraction of sp³-hybridized carbons (Fsp3) is 0.526. The Kier molecular flexibility index (Phi) is 6.20. The van der Waals surface area contributed by atoms with Gasteiger partial charge in [-0.2, -0.15) is 0 Å². The molecular formula is C19H28N2O. The van der Waals surface area contributed by atoms with Crippen molar-refractivity contribution in [2.45, 2.75) is 45.2 Å². The number of carbonyl (C=O) groups excluding carboxylic acids is 1. The van der Waals surface area contributed by atoms with E-state index >= 15 is 0 Å². The van der Waals surface area contributed by atoms with E-state index in [-0.39, 0.29) is 17.9 Å². The van der Waals surface area contributed by atoms with E-state index in [0.29, 0.717) is 6.04 Å². The zero-order valence-corrected chi connectivity index (χ0v) is 13.8. The van der Waals surface area contributed by atoms with E-state index < -0.39 is 0 Å². The molecule has 2 rings (SSSR count). The molecule has 1 aliphatic heterocycles. The van der Waals surface area contributed by atoms with E-state index in [4.69, 9.17) is 0 Å². The van der Waals surface area contributed by atoms with Crippen molar-refractivity contribution >= 4 is 5.91 Å². The third-order valence-corrected chi connectivity index (χ3v) is 4.60. The molecule has 0 saturated carbocycles. The van der Waals surface area contributed by atoms with Gasteiger partial charge in [0.2, 0.25) is 5.91 Å². The van der Waals surface area contributed by atoms with Gasteiger partial charge < -0.3 is 5.32 Å². The van der Waals surface area contributed by atoms with Crippen LogP contribution in [0.15, 0.2) is 43.0 Å². The molecule has 3 atom stereocenters.